The van der Waals surface area contributed by atoms with Crippen molar-refractivity contribution in [3.05, 3.63) is 0 Å². The molecule has 2 aliphatic rings. The van der Waals surface area contributed by atoms with Gasteiger partial charge in [-0.15, -0.1) is 0 Å². The van der Waals surface area contributed by atoms with Crippen molar-refractivity contribution in [2.75, 3.05) is 31.1 Å². The minimum absolute atomic E-state index is 0.243. The minimum Gasteiger partial charge on any atom is -0.329 e. The standard InChI is InChI=1S/C15H30N2S/c1-14(2)8-11-18-13-15(14,12-16)17-9-6-4-3-5-7-10-17/h3-13,16H2,1-2H3. The first-order chi connectivity index (χ1) is 8.62. The molecule has 0 amide bonds. The van der Waals surface area contributed by atoms with Crippen LogP contribution in [0.15, 0.2) is 0 Å². The Kier molecular flexibility index (Phi) is 5.01. The van der Waals surface area contributed by atoms with Gasteiger partial charge in [0, 0.05) is 17.8 Å². The van der Waals surface area contributed by atoms with Gasteiger partial charge in [0.05, 0.1) is 0 Å². The topological polar surface area (TPSA) is 29.3 Å². The van der Waals surface area contributed by atoms with E-state index in [1.54, 1.807) is 0 Å². The molecule has 3 heteroatoms. The Morgan fingerprint density at radius 2 is 1.67 bits per heavy atom. The molecule has 0 aromatic rings. The lowest BCUT2D eigenvalue weighted by atomic mass is 9.69. The van der Waals surface area contributed by atoms with Gasteiger partial charge in [-0.25, -0.2) is 0 Å². The number of rotatable bonds is 2. The van der Waals surface area contributed by atoms with Crippen molar-refractivity contribution in [3.63, 3.8) is 0 Å². The Labute approximate surface area is 117 Å². The molecule has 106 valence electrons. The summed E-state index contributed by atoms with van der Waals surface area (Å²) in [5.41, 5.74) is 6.89. The highest BCUT2D eigenvalue weighted by Crippen LogP contribution is 2.45. The third kappa shape index (κ3) is 2.73. The summed E-state index contributed by atoms with van der Waals surface area (Å²) < 4.78 is 0. The number of nitrogens with zero attached hydrogens (tertiary/aromatic N) is 1. The maximum absolute atomic E-state index is 6.28. The summed E-state index contributed by atoms with van der Waals surface area (Å²) in [7, 11) is 0. The Bertz CT molecular complexity index is 259. The average molecular weight is 270 g/mol. The normalized spacial score (nSPS) is 34.8. The quantitative estimate of drug-likeness (QED) is 0.836. The Balaban J connectivity index is 2.17. The molecule has 0 saturated carbocycles. The van der Waals surface area contributed by atoms with Crippen LogP contribution in [0.2, 0.25) is 0 Å². The number of nitrogens with two attached hydrogens (primary N) is 1. The van der Waals surface area contributed by atoms with Crippen LogP contribution in [-0.4, -0.2) is 41.6 Å². The number of hydrogen-bond donors (Lipinski definition) is 1. The Hall–Kier alpha value is 0.270. The molecule has 0 spiro atoms. The predicted octanol–water partition coefficient (Wildman–Crippen LogP) is 3.11. The molecule has 0 radical (unpaired) electrons. The summed E-state index contributed by atoms with van der Waals surface area (Å²) in [6.45, 7) is 8.24. The number of likely N-dealkylation sites (tertiary alicyclic amines) is 1. The first-order valence-electron chi connectivity index (χ1n) is 7.65. The van der Waals surface area contributed by atoms with Crippen molar-refractivity contribution in [3.8, 4) is 0 Å². The molecule has 0 aromatic heterocycles. The summed E-state index contributed by atoms with van der Waals surface area (Å²) in [5.74, 6) is 2.54. The van der Waals surface area contributed by atoms with E-state index in [4.69, 9.17) is 5.73 Å². The molecule has 0 aliphatic carbocycles. The van der Waals surface area contributed by atoms with E-state index < -0.39 is 0 Å². The summed E-state index contributed by atoms with van der Waals surface area (Å²) in [6, 6.07) is 0. The summed E-state index contributed by atoms with van der Waals surface area (Å²) in [5, 5.41) is 0. The van der Waals surface area contributed by atoms with Crippen LogP contribution in [-0.2, 0) is 0 Å². The van der Waals surface area contributed by atoms with Crippen LogP contribution < -0.4 is 5.73 Å². The average Bonchev–Trinajstić information content (AvgIpc) is 2.29. The highest BCUT2D eigenvalue weighted by molar-refractivity contribution is 7.99. The largest absolute Gasteiger partial charge is 0.329 e. The lowest BCUT2D eigenvalue weighted by Crippen LogP contribution is -2.66. The van der Waals surface area contributed by atoms with Gasteiger partial charge in [-0.3, -0.25) is 4.90 Å². The van der Waals surface area contributed by atoms with E-state index in [0.29, 0.717) is 5.41 Å². The third-order valence-corrected chi connectivity index (χ3v) is 6.45. The molecule has 2 nitrogen and oxygen atoms in total. The van der Waals surface area contributed by atoms with Crippen LogP contribution in [0.25, 0.3) is 0 Å². The Morgan fingerprint density at radius 1 is 1.06 bits per heavy atom. The van der Waals surface area contributed by atoms with Crippen molar-refractivity contribution in [1.29, 1.82) is 0 Å². The van der Waals surface area contributed by atoms with Gasteiger partial charge >= 0.3 is 0 Å². The molecular weight excluding hydrogens is 240 g/mol. The first kappa shape index (κ1) is 14.7. The second kappa shape index (κ2) is 6.15. The van der Waals surface area contributed by atoms with Crippen molar-refractivity contribution < 1.29 is 0 Å². The molecule has 1 atom stereocenters. The van der Waals surface area contributed by atoms with Crippen molar-refractivity contribution in [2.45, 2.75) is 57.9 Å². The summed E-state index contributed by atoms with van der Waals surface area (Å²) in [4.78, 5) is 2.76. The van der Waals surface area contributed by atoms with E-state index in [1.165, 1.54) is 63.1 Å². The molecule has 2 N–H and O–H groups in total. The molecule has 1 unspecified atom stereocenters. The van der Waals surface area contributed by atoms with Crippen LogP contribution in [0, 0.1) is 5.41 Å². The van der Waals surface area contributed by atoms with Gasteiger partial charge in [0.2, 0.25) is 0 Å². The van der Waals surface area contributed by atoms with Gasteiger partial charge in [0.15, 0.2) is 0 Å². The SMILES string of the molecule is CC1(C)CCSCC1(CN)N1CCCCCCC1. The molecule has 0 bridgehead atoms. The van der Waals surface area contributed by atoms with Crippen LogP contribution in [0.1, 0.15) is 52.4 Å². The van der Waals surface area contributed by atoms with E-state index >= 15 is 0 Å². The molecule has 2 heterocycles. The van der Waals surface area contributed by atoms with Crippen molar-refractivity contribution >= 4 is 11.8 Å². The van der Waals surface area contributed by atoms with E-state index in [0.717, 1.165) is 6.54 Å². The second-order valence-corrected chi connectivity index (χ2v) is 7.78. The fraction of sp³-hybridized carbons (Fsp3) is 1.00. The zero-order chi connectivity index (χ0) is 13.1. The number of hydrogen-bond acceptors (Lipinski definition) is 3. The summed E-state index contributed by atoms with van der Waals surface area (Å²) >= 11 is 2.11. The van der Waals surface area contributed by atoms with Gasteiger partial charge in [0.1, 0.15) is 0 Å². The smallest absolute Gasteiger partial charge is 0.0472 e. The molecule has 18 heavy (non-hydrogen) atoms. The van der Waals surface area contributed by atoms with Gasteiger partial charge in [-0.2, -0.15) is 11.8 Å². The predicted molar refractivity (Wildman–Crippen MR) is 82.2 cm³/mol. The third-order valence-electron chi connectivity index (χ3n) is 5.27. The van der Waals surface area contributed by atoms with Gasteiger partial charge in [-0.1, -0.05) is 33.1 Å². The first-order valence-corrected chi connectivity index (χ1v) is 8.81. The zero-order valence-electron chi connectivity index (χ0n) is 12.2. The number of thioether (sulfide) groups is 1. The van der Waals surface area contributed by atoms with Gasteiger partial charge in [-0.05, 0) is 43.5 Å². The highest BCUT2D eigenvalue weighted by atomic mass is 32.2. The Morgan fingerprint density at radius 3 is 2.22 bits per heavy atom. The molecule has 2 rings (SSSR count). The van der Waals surface area contributed by atoms with Crippen LogP contribution in [0.4, 0.5) is 0 Å². The van der Waals surface area contributed by atoms with E-state index in [9.17, 15) is 0 Å². The van der Waals surface area contributed by atoms with Gasteiger partial charge in [0.25, 0.3) is 0 Å². The molecule has 2 aliphatic heterocycles. The second-order valence-electron chi connectivity index (χ2n) is 6.68. The maximum Gasteiger partial charge on any atom is 0.0472 e. The van der Waals surface area contributed by atoms with Crippen LogP contribution in [0.5, 0.6) is 0 Å². The van der Waals surface area contributed by atoms with Crippen LogP contribution >= 0.6 is 11.8 Å². The molecule has 2 fully saturated rings. The molecule has 2 saturated heterocycles. The van der Waals surface area contributed by atoms with Gasteiger partial charge < -0.3 is 5.73 Å². The minimum atomic E-state index is 0.243. The van der Waals surface area contributed by atoms with E-state index in [1.807, 2.05) is 0 Å². The van der Waals surface area contributed by atoms with E-state index in [-0.39, 0.29) is 5.54 Å². The lowest BCUT2D eigenvalue weighted by Gasteiger charge is -2.56. The molecular formula is C15H30N2S. The lowest BCUT2D eigenvalue weighted by molar-refractivity contribution is -0.00349. The fourth-order valence-corrected chi connectivity index (χ4v) is 5.48. The highest BCUT2D eigenvalue weighted by Gasteiger charge is 2.49. The van der Waals surface area contributed by atoms with E-state index in [2.05, 4.69) is 30.5 Å². The fourth-order valence-electron chi connectivity index (χ4n) is 3.66. The molecule has 0 aromatic carbocycles. The maximum atomic E-state index is 6.28. The van der Waals surface area contributed by atoms with Crippen LogP contribution in [0.3, 0.4) is 0 Å². The van der Waals surface area contributed by atoms with Crippen molar-refractivity contribution in [1.82, 2.24) is 4.90 Å². The van der Waals surface area contributed by atoms with Crippen molar-refractivity contribution in [2.24, 2.45) is 11.1 Å². The monoisotopic (exact) mass is 270 g/mol. The summed E-state index contributed by atoms with van der Waals surface area (Å²) in [6.07, 6.45) is 8.29. The zero-order valence-corrected chi connectivity index (χ0v) is 13.0.